The van der Waals surface area contributed by atoms with Gasteiger partial charge in [0.15, 0.2) is 5.65 Å². The maximum Gasteiger partial charge on any atom is 0.157 e. The Hall–Kier alpha value is -1.46. The SMILES string of the molecule is Cc1nn(C)c2ncc(CN3CCN[C@@H](C)C3)cc12. The van der Waals surface area contributed by atoms with Crippen LogP contribution in [0.15, 0.2) is 12.3 Å². The van der Waals surface area contributed by atoms with Crippen molar-refractivity contribution in [1.29, 1.82) is 0 Å². The highest BCUT2D eigenvalue weighted by atomic mass is 15.3. The zero-order chi connectivity index (χ0) is 13.4. The van der Waals surface area contributed by atoms with Crippen LogP contribution in [0.5, 0.6) is 0 Å². The molecule has 1 N–H and O–H groups in total. The van der Waals surface area contributed by atoms with Crippen molar-refractivity contribution in [1.82, 2.24) is 25.0 Å². The van der Waals surface area contributed by atoms with Crippen molar-refractivity contribution in [2.75, 3.05) is 19.6 Å². The second-order valence-corrected chi connectivity index (χ2v) is 5.51. The first-order valence-electron chi connectivity index (χ1n) is 6.87. The summed E-state index contributed by atoms with van der Waals surface area (Å²) in [5.74, 6) is 0. The van der Waals surface area contributed by atoms with Crippen molar-refractivity contribution in [3.8, 4) is 0 Å². The highest BCUT2D eigenvalue weighted by Crippen LogP contribution is 2.17. The number of hydrogen-bond donors (Lipinski definition) is 1. The normalized spacial score (nSPS) is 21.1. The fraction of sp³-hybridized carbons (Fsp3) is 0.571. The van der Waals surface area contributed by atoms with Gasteiger partial charge in [-0.25, -0.2) is 4.98 Å². The Labute approximate surface area is 113 Å². The molecule has 0 saturated carbocycles. The van der Waals surface area contributed by atoms with Gasteiger partial charge in [-0.1, -0.05) is 0 Å². The van der Waals surface area contributed by atoms with Gasteiger partial charge < -0.3 is 5.32 Å². The molecule has 0 aromatic carbocycles. The molecule has 0 spiro atoms. The Morgan fingerprint density at radius 3 is 3.11 bits per heavy atom. The predicted molar refractivity (Wildman–Crippen MR) is 76.0 cm³/mol. The molecule has 0 amide bonds. The lowest BCUT2D eigenvalue weighted by Crippen LogP contribution is -2.48. The molecule has 0 unspecified atom stereocenters. The molecule has 1 saturated heterocycles. The van der Waals surface area contributed by atoms with E-state index in [2.05, 4.69) is 33.3 Å². The van der Waals surface area contributed by atoms with Crippen LogP contribution >= 0.6 is 0 Å². The average Bonchev–Trinajstić information content (AvgIpc) is 2.65. The number of hydrogen-bond acceptors (Lipinski definition) is 4. The van der Waals surface area contributed by atoms with Crippen molar-refractivity contribution >= 4 is 11.0 Å². The van der Waals surface area contributed by atoms with Gasteiger partial charge in [0.05, 0.1) is 5.69 Å². The lowest BCUT2D eigenvalue weighted by atomic mass is 10.1. The van der Waals surface area contributed by atoms with E-state index >= 15 is 0 Å². The number of nitrogens with one attached hydrogen (secondary N) is 1. The molecule has 5 nitrogen and oxygen atoms in total. The zero-order valence-electron chi connectivity index (χ0n) is 11.8. The maximum atomic E-state index is 4.54. The van der Waals surface area contributed by atoms with E-state index in [1.165, 1.54) is 10.9 Å². The summed E-state index contributed by atoms with van der Waals surface area (Å²) in [6.07, 6.45) is 1.98. The Kier molecular flexibility index (Phi) is 3.24. The number of pyridine rings is 1. The monoisotopic (exact) mass is 259 g/mol. The highest BCUT2D eigenvalue weighted by Gasteiger charge is 2.16. The van der Waals surface area contributed by atoms with Crippen molar-refractivity contribution in [3.05, 3.63) is 23.5 Å². The molecule has 19 heavy (non-hydrogen) atoms. The van der Waals surface area contributed by atoms with Crippen LogP contribution in [0, 0.1) is 6.92 Å². The molecule has 102 valence electrons. The quantitative estimate of drug-likeness (QED) is 0.876. The topological polar surface area (TPSA) is 46.0 Å². The van der Waals surface area contributed by atoms with Crippen molar-refractivity contribution < 1.29 is 0 Å². The lowest BCUT2D eigenvalue weighted by molar-refractivity contribution is 0.199. The Morgan fingerprint density at radius 2 is 2.32 bits per heavy atom. The average molecular weight is 259 g/mol. The van der Waals surface area contributed by atoms with Gasteiger partial charge in [-0.2, -0.15) is 5.10 Å². The Bertz CT molecular complexity index is 589. The lowest BCUT2D eigenvalue weighted by Gasteiger charge is -2.31. The van der Waals surface area contributed by atoms with Gasteiger partial charge in [-0.05, 0) is 25.5 Å². The van der Waals surface area contributed by atoms with Crippen LogP contribution < -0.4 is 5.32 Å². The summed E-state index contributed by atoms with van der Waals surface area (Å²) in [7, 11) is 1.94. The Balaban J connectivity index is 1.83. The van der Waals surface area contributed by atoms with E-state index in [1.54, 1.807) is 0 Å². The van der Waals surface area contributed by atoms with E-state index in [-0.39, 0.29) is 0 Å². The highest BCUT2D eigenvalue weighted by molar-refractivity contribution is 5.78. The zero-order valence-corrected chi connectivity index (χ0v) is 11.8. The minimum atomic E-state index is 0.575. The predicted octanol–water partition coefficient (Wildman–Crippen LogP) is 1.07. The number of fused-ring (bicyclic) bond motifs is 1. The molecule has 5 heteroatoms. The molecule has 0 bridgehead atoms. The van der Waals surface area contributed by atoms with E-state index in [1.807, 2.05) is 24.9 Å². The summed E-state index contributed by atoms with van der Waals surface area (Å²) < 4.78 is 1.85. The van der Waals surface area contributed by atoms with Gasteiger partial charge >= 0.3 is 0 Å². The third-order valence-corrected chi connectivity index (χ3v) is 3.78. The Morgan fingerprint density at radius 1 is 1.47 bits per heavy atom. The molecule has 0 aliphatic carbocycles. The van der Waals surface area contributed by atoms with Crippen LogP contribution in [-0.2, 0) is 13.6 Å². The molecule has 3 rings (SSSR count). The smallest absolute Gasteiger partial charge is 0.157 e. The van der Waals surface area contributed by atoms with Gasteiger partial charge in [0, 0.05) is 50.9 Å². The van der Waals surface area contributed by atoms with Gasteiger partial charge in [0.25, 0.3) is 0 Å². The minimum absolute atomic E-state index is 0.575. The molecule has 1 aliphatic heterocycles. The van der Waals surface area contributed by atoms with Gasteiger partial charge in [-0.15, -0.1) is 0 Å². The third kappa shape index (κ3) is 2.48. The van der Waals surface area contributed by atoms with Crippen LogP contribution in [0.25, 0.3) is 11.0 Å². The number of nitrogens with zero attached hydrogens (tertiary/aromatic N) is 4. The van der Waals surface area contributed by atoms with Crippen molar-refractivity contribution in [2.45, 2.75) is 26.4 Å². The summed E-state index contributed by atoms with van der Waals surface area (Å²) in [5, 5.41) is 9.06. The van der Waals surface area contributed by atoms with E-state index in [0.29, 0.717) is 6.04 Å². The van der Waals surface area contributed by atoms with Gasteiger partial charge in [-0.3, -0.25) is 9.58 Å². The maximum absolute atomic E-state index is 4.54. The van der Waals surface area contributed by atoms with Crippen LogP contribution in [-0.4, -0.2) is 45.3 Å². The number of aromatic nitrogens is 3. The number of rotatable bonds is 2. The van der Waals surface area contributed by atoms with Gasteiger partial charge in [0.2, 0.25) is 0 Å². The summed E-state index contributed by atoms with van der Waals surface area (Å²) in [6.45, 7) is 8.53. The molecular weight excluding hydrogens is 238 g/mol. The van der Waals surface area contributed by atoms with Crippen molar-refractivity contribution in [3.63, 3.8) is 0 Å². The molecule has 0 radical (unpaired) electrons. The molecule has 1 aliphatic rings. The van der Waals surface area contributed by atoms with E-state index < -0.39 is 0 Å². The minimum Gasteiger partial charge on any atom is -0.312 e. The number of aryl methyl sites for hydroxylation is 2. The molecule has 1 fully saturated rings. The second-order valence-electron chi connectivity index (χ2n) is 5.51. The van der Waals surface area contributed by atoms with Gasteiger partial charge in [0.1, 0.15) is 0 Å². The largest absolute Gasteiger partial charge is 0.312 e. The fourth-order valence-electron chi connectivity index (χ4n) is 2.85. The van der Waals surface area contributed by atoms with E-state index in [4.69, 9.17) is 0 Å². The summed E-state index contributed by atoms with van der Waals surface area (Å²) in [4.78, 5) is 7.03. The molecule has 3 heterocycles. The second kappa shape index (κ2) is 4.90. The number of piperazine rings is 1. The molecular formula is C14H21N5. The van der Waals surface area contributed by atoms with Crippen molar-refractivity contribution in [2.24, 2.45) is 7.05 Å². The van der Waals surface area contributed by atoms with Crippen LogP contribution in [0.4, 0.5) is 0 Å². The summed E-state index contributed by atoms with van der Waals surface area (Å²) in [5.41, 5.74) is 3.30. The molecule has 1 atom stereocenters. The third-order valence-electron chi connectivity index (χ3n) is 3.78. The summed E-state index contributed by atoms with van der Waals surface area (Å²) in [6, 6.07) is 2.81. The first kappa shape index (κ1) is 12.6. The molecule has 2 aromatic rings. The van der Waals surface area contributed by atoms with E-state index in [0.717, 1.165) is 37.5 Å². The van der Waals surface area contributed by atoms with Crippen LogP contribution in [0.1, 0.15) is 18.2 Å². The first-order valence-corrected chi connectivity index (χ1v) is 6.87. The van der Waals surface area contributed by atoms with Crippen LogP contribution in [0.3, 0.4) is 0 Å². The van der Waals surface area contributed by atoms with E-state index in [9.17, 15) is 0 Å². The first-order chi connectivity index (χ1) is 9.13. The van der Waals surface area contributed by atoms with Crippen LogP contribution in [0.2, 0.25) is 0 Å². The standard InChI is InChI=1S/C14H21N5/c1-10-8-19(5-4-15-10)9-12-6-13-11(2)17-18(3)14(13)16-7-12/h6-7,10,15H,4-5,8-9H2,1-3H3/t10-/m0/s1. The summed E-state index contributed by atoms with van der Waals surface area (Å²) >= 11 is 0. The fourth-order valence-corrected chi connectivity index (χ4v) is 2.85. The molecule has 2 aromatic heterocycles.